The van der Waals surface area contributed by atoms with Crippen molar-refractivity contribution in [2.75, 3.05) is 31.1 Å². The van der Waals surface area contributed by atoms with Crippen molar-refractivity contribution in [3.05, 3.63) is 34.5 Å². The molecule has 3 aromatic heterocycles. The number of nitrogens with zero attached hydrogens (tertiary/aromatic N) is 6. The highest BCUT2D eigenvalue weighted by molar-refractivity contribution is 7.18. The van der Waals surface area contributed by atoms with E-state index in [9.17, 15) is 5.11 Å². The Bertz CT molecular complexity index is 1060. The van der Waals surface area contributed by atoms with Gasteiger partial charge in [-0.2, -0.15) is 0 Å². The van der Waals surface area contributed by atoms with Crippen LogP contribution in [0.4, 0.5) is 5.82 Å². The molecule has 2 fully saturated rings. The van der Waals surface area contributed by atoms with Crippen LogP contribution in [-0.2, 0) is 13.6 Å². The van der Waals surface area contributed by atoms with Crippen molar-refractivity contribution in [1.29, 1.82) is 0 Å². The SMILES string of the molecule is Cc1sc2nc(CN3CCCC3)nc(N3CCC(C(O)c4nccn4C)CC3)c2c1C. The summed E-state index contributed by atoms with van der Waals surface area (Å²) >= 11 is 1.79. The molecule has 0 aromatic carbocycles. The zero-order valence-corrected chi connectivity index (χ0v) is 19.5. The van der Waals surface area contributed by atoms with Crippen molar-refractivity contribution in [2.24, 2.45) is 13.0 Å². The quantitative estimate of drug-likeness (QED) is 0.654. The highest BCUT2D eigenvalue weighted by Crippen LogP contribution is 2.38. The van der Waals surface area contributed by atoms with Crippen molar-refractivity contribution in [2.45, 2.75) is 52.2 Å². The van der Waals surface area contributed by atoms with E-state index in [1.807, 2.05) is 17.8 Å². The average Bonchev–Trinajstić information content (AvgIpc) is 3.49. The van der Waals surface area contributed by atoms with Crippen LogP contribution in [0.5, 0.6) is 0 Å². The fourth-order valence-electron chi connectivity index (χ4n) is 5.01. The molecule has 2 saturated heterocycles. The molecule has 166 valence electrons. The Morgan fingerprint density at radius 2 is 1.87 bits per heavy atom. The van der Waals surface area contributed by atoms with E-state index < -0.39 is 6.10 Å². The molecule has 0 saturated carbocycles. The second-order valence-corrected chi connectivity index (χ2v) is 10.3. The number of fused-ring (bicyclic) bond motifs is 1. The highest BCUT2D eigenvalue weighted by Gasteiger charge is 2.30. The third-order valence-electron chi connectivity index (χ3n) is 7.03. The maximum Gasteiger partial charge on any atom is 0.146 e. The van der Waals surface area contributed by atoms with Gasteiger partial charge >= 0.3 is 0 Å². The molecular formula is C23H32N6OS. The molecule has 1 atom stereocenters. The standard InChI is InChI=1S/C23H32N6OS/c1-15-16(2)31-23-19(15)21(25-18(26-23)14-28-9-4-5-10-28)29-11-6-17(7-12-29)20(30)22-24-8-13-27(22)3/h8,13,17,20,30H,4-7,9-12,14H2,1-3H3. The predicted octanol–water partition coefficient (Wildman–Crippen LogP) is 3.59. The average molecular weight is 441 g/mol. The molecule has 2 aliphatic rings. The van der Waals surface area contributed by atoms with E-state index in [0.717, 1.165) is 67.9 Å². The van der Waals surface area contributed by atoms with Gasteiger partial charge in [0.25, 0.3) is 0 Å². The van der Waals surface area contributed by atoms with Gasteiger partial charge in [-0.25, -0.2) is 15.0 Å². The van der Waals surface area contributed by atoms with Gasteiger partial charge in [-0.05, 0) is 64.1 Å². The number of thiophene rings is 1. The van der Waals surface area contributed by atoms with Gasteiger partial charge < -0.3 is 14.6 Å². The first-order chi connectivity index (χ1) is 15.0. The Morgan fingerprint density at radius 3 is 2.55 bits per heavy atom. The third-order valence-corrected chi connectivity index (χ3v) is 8.13. The summed E-state index contributed by atoms with van der Waals surface area (Å²) in [6, 6.07) is 0. The smallest absolute Gasteiger partial charge is 0.146 e. The Balaban J connectivity index is 1.39. The second-order valence-electron chi connectivity index (χ2n) is 9.08. The lowest BCUT2D eigenvalue weighted by molar-refractivity contribution is 0.0824. The van der Waals surface area contributed by atoms with E-state index in [-0.39, 0.29) is 5.92 Å². The van der Waals surface area contributed by atoms with Gasteiger partial charge in [0.2, 0.25) is 0 Å². The molecule has 3 aromatic rings. The molecular weight excluding hydrogens is 408 g/mol. The zero-order valence-electron chi connectivity index (χ0n) is 18.7. The lowest BCUT2D eigenvalue weighted by Crippen LogP contribution is -2.37. The van der Waals surface area contributed by atoms with Gasteiger partial charge in [0, 0.05) is 37.4 Å². The summed E-state index contributed by atoms with van der Waals surface area (Å²) in [5, 5.41) is 12.1. The molecule has 0 amide bonds. The van der Waals surface area contributed by atoms with Gasteiger partial charge in [0.1, 0.15) is 28.4 Å². The monoisotopic (exact) mass is 440 g/mol. The van der Waals surface area contributed by atoms with Crippen molar-refractivity contribution in [1.82, 2.24) is 24.4 Å². The van der Waals surface area contributed by atoms with Crippen molar-refractivity contribution < 1.29 is 5.11 Å². The van der Waals surface area contributed by atoms with Crippen LogP contribution in [0.3, 0.4) is 0 Å². The fourth-order valence-corrected chi connectivity index (χ4v) is 6.05. The third kappa shape index (κ3) is 3.97. The Labute approximate surface area is 187 Å². The molecule has 0 radical (unpaired) electrons. The summed E-state index contributed by atoms with van der Waals surface area (Å²) in [6.45, 7) is 9.31. The number of anilines is 1. The van der Waals surface area contributed by atoms with Crippen LogP contribution >= 0.6 is 11.3 Å². The van der Waals surface area contributed by atoms with E-state index in [1.165, 1.54) is 28.7 Å². The molecule has 0 bridgehead atoms. The molecule has 1 N–H and O–H groups in total. The van der Waals surface area contributed by atoms with Crippen molar-refractivity contribution >= 4 is 27.4 Å². The minimum atomic E-state index is -0.511. The molecule has 0 spiro atoms. The predicted molar refractivity (Wildman–Crippen MR) is 125 cm³/mol. The molecule has 1 unspecified atom stereocenters. The first kappa shape index (κ1) is 20.8. The summed E-state index contributed by atoms with van der Waals surface area (Å²) in [4.78, 5) is 21.7. The molecule has 7 nitrogen and oxygen atoms in total. The van der Waals surface area contributed by atoms with Gasteiger partial charge in [-0.1, -0.05) is 0 Å². The van der Waals surface area contributed by atoms with Gasteiger partial charge in [0.15, 0.2) is 0 Å². The molecule has 5 rings (SSSR count). The number of imidazole rings is 1. The minimum absolute atomic E-state index is 0.226. The molecule has 8 heteroatoms. The van der Waals surface area contributed by atoms with Crippen LogP contribution in [-0.4, -0.2) is 55.7 Å². The Kier molecular flexibility index (Phi) is 5.71. The molecule has 2 aliphatic heterocycles. The van der Waals surface area contributed by atoms with Crippen LogP contribution in [0.2, 0.25) is 0 Å². The topological polar surface area (TPSA) is 70.3 Å². The summed E-state index contributed by atoms with van der Waals surface area (Å²) in [5.74, 6) is 3.02. The van der Waals surface area contributed by atoms with Crippen molar-refractivity contribution in [3.8, 4) is 0 Å². The fraction of sp³-hybridized carbons (Fsp3) is 0.609. The second kappa shape index (κ2) is 8.48. The summed E-state index contributed by atoms with van der Waals surface area (Å²) in [5.41, 5.74) is 1.30. The lowest BCUT2D eigenvalue weighted by Gasteiger charge is -2.35. The van der Waals surface area contributed by atoms with Crippen molar-refractivity contribution in [3.63, 3.8) is 0 Å². The maximum absolute atomic E-state index is 10.9. The van der Waals surface area contributed by atoms with Crippen LogP contribution in [0.15, 0.2) is 12.4 Å². The lowest BCUT2D eigenvalue weighted by atomic mass is 9.90. The van der Waals surface area contributed by atoms with Gasteiger partial charge in [-0.3, -0.25) is 4.90 Å². The number of aliphatic hydroxyl groups excluding tert-OH is 1. The van der Waals surface area contributed by atoms with Gasteiger partial charge in [-0.15, -0.1) is 11.3 Å². The van der Waals surface area contributed by atoms with Crippen LogP contribution in [0, 0.1) is 19.8 Å². The number of aliphatic hydroxyl groups is 1. The highest BCUT2D eigenvalue weighted by atomic mass is 32.1. The van der Waals surface area contributed by atoms with E-state index >= 15 is 0 Å². The molecule has 0 aliphatic carbocycles. The zero-order chi connectivity index (χ0) is 21.5. The first-order valence-corrected chi connectivity index (χ1v) is 12.2. The maximum atomic E-state index is 10.9. The summed E-state index contributed by atoms with van der Waals surface area (Å²) in [6.07, 6.45) is 7.57. The Hall–Kier alpha value is -2.03. The summed E-state index contributed by atoms with van der Waals surface area (Å²) < 4.78 is 1.92. The molecule has 31 heavy (non-hydrogen) atoms. The number of aromatic nitrogens is 4. The van der Waals surface area contributed by atoms with E-state index in [2.05, 4.69) is 28.6 Å². The van der Waals surface area contributed by atoms with Gasteiger partial charge in [0.05, 0.1) is 11.9 Å². The van der Waals surface area contributed by atoms with Crippen LogP contribution < -0.4 is 4.90 Å². The van der Waals surface area contributed by atoms with E-state index in [0.29, 0.717) is 0 Å². The number of likely N-dealkylation sites (tertiary alicyclic amines) is 1. The first-order valence-electron chi connectivity index (χ1n) is 11.4. The van der Waals surface area contributed by atoms with E-state index in [4.69, 9.17) is 9.97 Å². The minimum Gasteiger partial charge on any atom is -0.385 e. The number of piperidine rings is 1. The van der Waals surface area contributed by atoms with Crippen LogP contribution in [0.25, 0.3) is 10.2 Å². The normalized spacial score (nSPS) is 19.5. The number of hydrogen-bond acceptors (Lipinski definition) is 7. The number of hydrogen-bond donors (Lipinski definition) is 1. The Morgan fingerprint density at radius 1 is 1.13 bits per heavy atom. The largest absolute Gasteiger partial charge is 0.385 e. The van der Waals surface area contributed by atoms with E-state index in [1.54, 1.807) is 17.5 Å². The number of aryl methyl sites for hydroxylation is 3. The molecule has 5 heterocycles. The van der Waals surface area contributed by atoms with Crippen LogP contribution in [0.1, 0.15) is 53.9 Å². The summed E-state index contributed by atoms with van der Waals surface area (Å²) in [7, 11) is 1.95. The number of rotatable bonds is 5.